The molecule has 1 amide bonds. The number of nitrogens with zero attached hydrogens (tertiary/aromatic N) is 3. The molecule has 2 aromatic heterocycles. The Bertz CT molecular complexity index is 1310. The zero-order chi connectivity index (χ0) is 27.4. The van der Waals surface area contributed by atoms with E-state index in [2.05, 4.69) is 15.3 Å². The molecule has 202 valence electrons. The molecule has 1 aromatic carbocycles. The Labute approximate surface area is 216 Å². The van der Waals surface area contributed by atoms with E-state index in [4.69, 9.17) is 4.74 Å². The highest BCUT2D eigenvalue weighted by Gasteiger charge is 2.37. The van der Waals surface area contributed by atoms with Gasteiger partial charge in [0.1, 0.15) is 18.2 Å². The standard InChI is InChI=1S/C27H27F5N4O2/c1-36(2)11-12-38-26-22(30)13-17(15-34-26)25(37)35-24-19(20-14-18(28)3-4-21(20)29)7-10-33-23(24)16-5-8-27(31,32)9-6-16/h3-4,7,10,13-16H,5-6,8-9,11-12H2,1-2H3,(H,35,37). The minimum absolute atomic E-state index is 0.0453. The maximum absolute atomic E-state index is 14.7. The predicted octanol–water partition coefficient (Wildman–Crippen LogP) is 6.05. The minimum atomic E-state index is -2.80. The normalized spacial score (nSPS) is 15.5. The summed E-state index contributed by atoms with van der Waals surface area (Å²) in [4.78, 5) is 23.2. The fourth-order valence-electron chi connectivity index (χ4n) is 4.33. The van der Waals surface area contributed by atoms with E-state index in [1.165, 1.54) is 12.3 Å². The van der Waals surface area contributed by atoms with Crippen molar-refractivity contribution in [1.82, 2.24) is 14.9 Å². The number of aromatic nitrogens is 2. The van der Waals surface area contributed by atoms with Crippen molar-refractivity contribution in [3.63, 3.8) is 0 Å². The van der Waals surface area contributed by atoms with Gasteiger partial charge in [-0.2, -0.15) is 0 Å². The molecule has 1 aliphatic rings. The second-order valence-electron chi connectivity index (χ2n) is 9.49. The number of likely N-dealkylation sites (N-methyl/N-ethyl adjacent to an activating group) is 1. The fourth-order valence-corrected chi connectivity index (χ4v) is 4.33. The number of hydrogen-bond acceptors (Lipinski definition) is 5. The smallest absolute Gasteiger partial charge is 0.257 e. The highest BCUT2D eigenvalue weighted by molar-refractivity contribution is 6.06. The van der Waals surface area contributed by atoms with Crippen molar-refractivity contribution >= 4 is 11.6 Å². The van der Waals surface area contributed by atoms with Gasteiger partial charge in [0.25, 0.3) is 5.91 Å². The van der Waals surface area contributed by atoms with E-state index in [1.54, 1.807) is 0 Å². The first-order valence-corrected chi connectivity index (χ1v) is 12.1. The number of alkyl halides is 2. The molecule has 38 heavy (non-hydrogen) atoms. The second kappa shape index (κ2) is 11.4. The van der Waals surface area contributed by atoms with Gasteiger partial charge in [-0.1, -0.05) is 0 Å². The lowest BCUT2D eigenvalue weighted by Gasteiger charge is -2.29. The zero-order valence-electron chi connectivity index (χ0n) is 20.9. The SMILES string of the molecule is CN(C)CCOc1ncc(C(=O)Nc2c(-c3cc(F)ccc3F)ccnc2C2CCC(F)(F)CC2)cc1F. The Kier molecular flexibility index (Phi) is 8.25. The number of ether oxygens (including phenoxy) is 1. The molecule has 0 radical (unpaired) electrons. The summed E-state index contributed by atoms with van der Waals surface area (Å²) >= 11 is 0. The first-order valence-electron chi connectivity index (χ1n) is 12.1. The lowest BCUT2D eigenvalue weighted by Crippen LogP contribution is -2.25. The Balaban J connectivity index is 1.68. The lowest BCUT2D eigenvalue weighted by atomic mass is 9.83. The molecule has 2 heterocycles. The molecule has 0 aliphatic heterocycles. The number of carbonyl (C=O) groups is 1. The summed E-state index contributed by atoms with van der Waals surface area (Å²) < 4.78 is 76.3. The van der Waals surface area contributed by atoms with Crippen LogP contribution in [-0.4, -0.2) is 53.9 Å². The lowest BCUT2D eigenvalue weighted by molar-refractivity contribution is -0.0384. The number of carbonyl (C=O) groups excluding carboxylic acids is 1. The first-order chi connectivity index (χ1) is 18.0. The first kappa shape index (κ1) is 27.4. The maximum Gasteiger partial charge on any atom is 0.257 e. The van der Waals surface area contributed by atoms with Gasteiger partial charge < -0.3 is 15.0 Å². The molecule has 4 rings (SSSR count). The highest BCUT2D eigenvalue weighted by atomic mass is 19.3. The van der Waals surface area contributed by atoms with Crippen molar-refractivity contribution in [2.75, 3.05) is 32.6 Å². The van der Waals surface area contributed by atoms with Crippen LogP contribution in [0.15, 0.2) is 42.7 Å². The Morgan fingerprint density at radius 2 is 1.79 bits per heavy atom. The summed E-state index contributed by atoms with van der Waals surface area (Å²) in [6.45, 7) is 0.712. The molecule has 0 saturated heterocycles. The third kappa shape index (κ3) is 6.45. The second-order valence-corrected chi connectivity index (χ2v) is 9.49. The average Bonchev–Trinajstić information content (AvgIpc) is 2.86. The molecule has 1 aliphatic carbocycles. The van der Waals surface area contributed by atoms with Gasteiger partial charge in [0.05, 0.1) is 16.9 Å². The van der Waals surface area contributed by atoms with Crippen molar-refractivity contribution in [1.29, 1.82) is 0 Å². The van der Waals surface area contributed by atoms with Crippen LogP contribution >= 0.6 is 0 Å². The van der Waals surface area contributed by atoms with E-state index in [9.17, 15) is 26.7 Å². The number of hydrogen-bond donors (Lipinski definition) is 1. The van der Waals surface area contributed by atoms with Crippen molar-refractivity contribution in [3.05, 3.63) is 71.4 Å². The fraction of sp³-hybridized carbons (Fsp3) is 0.370. The van der Waals surface area contributed by atoms with Crippen LogP contribution in [0.2, 0.25) is 0 Å². The van der Waals surface area contributed by atoms with Crippen molar-refractivity contribution < 1.29 is 31.5 Å². The average molecular weight is 535 g/mol. The summed E-state index contributed by atoms with van der Waals surface area (Å²) in [5, 5.41) is 2.63. The van der Waals surface area contributed by atoms with Crippen molar-refractivity contribution in [3.8, 4) is 17.0 Å². The van der Waals surface area contributed by atoms with Gasteiger partial charge in [-0.15, -0.1) is 0 Å². The monoisotopic (exact) mass is 534 g/mol. The molecular weight excluding hydrogens is 507 g/mol. The van der Waals surface area contributed by atoms with E-state index >= 15 is 0 Å². The van der Waals surface area contributed by atoms with E-state index in [0.29, 0.717) is 6.54 Å². The molecule has 11 heteroatoms. The molecule has 0 spiro atoms. The number of rotatable bonds is 8. The third-order valence-corrected chi connectivity index (χ3v) is 6.39. The maximum atomic E-state index is 14.7. The molecule has 0 unspecified atom stereocenters. The molecule has 1 N–H and O–H groups in total. The Morgan fingerprint density at radius 3 is 2.47 bits per heavy atom. The van der Waals surface area contributed by atoms with Crippen LogP contribution in [0.5, 0.6) is 5.88 Å². The highest BCUT2D eigenvalue weighted by Crippen LogP contribution is 2.44. The van der Waals surface area contributed by atoms with Crippen LogP contribution in [-0.2, 0) is 0 Å². The van der Waals surface area contributed by atoms with Crippen LogP contribution in [0, 0.1) is 17.5 Å². The summed E-state index contributed by atoms with van der Waals surface area (Å²) in [7, 11) is 3.66. The van der Waals surface area contributed by atoms with Gasteiger partial charge in [-0.05, 0) is 57.3 Å². The van der Waals surface area contributed by atoms with Gasteiger partial charge in [-0.3, -0.25) is 9.78 Å². The van der Waals surface area contributed by atoms with E-state index in [1.807, 2.05) is 19.0 Å². The summed E-state index contributed by atoms with van der Waals surface area (Å²) in [6.07, 6.45) is 1.94. The van der Waals surface area contributed by atoms with Crippen LogP contribution < -0.4 is 10.1 Å². The molecule has 0 bridgehead atoms. The van der Waals surface area contributed by atoms with Crippen LogP contribution in [0.3, 0.4) is 0 Å². The number of benzene rings is 1. The van der Waals surface area contributed by atoms with Crippen molar-refractivity contribution in [2.24, 2.45) is 0 Å². The van der Waals surface area contributed by atoms with Crippen LogP contribution in [0.25, 0.3) is 11.1 Å². The molecule has 3 aromatic rings. The number of halogens is 5. The zero-order valence-corrected chi connectivity index (χ0v) is 20.9. The molecule has 1 saturated carbocycles. The molecule has 0 atom stereocenters. The van der Waals surface area contributed by atoms with Crippen molar-refractivity contribution in [2.45, 2.75) is 37.5 Å². The largest absolute Gasteiger partial charge is 0.474 e. The van der Waals surface area contributed by atoms with Gasteiger partial charge in [0, 0.05) is 48.8 Å². The molecular formula is C27H27F5N4O2. The number of pyridine rings is 2. The summed E-state index contributed by atoms with van der Waals surface area (Å²) in [5.74, 6) is -6.61. The van der Waals surface area contributed by atoms with Gasteiger partial charge in [-0.25, -0.2) is 26.9 Å². The third-order valence-electron chi connectivity index (χ3n) is 6.39. The summed E-state index contributed by atoms with van der Waals surface area (Å²) in [6, 6.07) is 5.23. The van der Waals surface area contributed by atoms with Crippen LogP contribution in [0.1, 0.15) is 47.7 Å². The summed E-state index contributed by atoms with van der Waals surface area (Å²) in [5.41, 5.74) is 0.142. The van der Waals surface area contributed by atoms with Crippen LogP contribution in [0.4, 0.5) is 27.6 Å². The Morgan fingerprint density at radius 1 is 1.05 bits per heavy atom. The van der Waals surface area contributed by atoms with Gasteiger partial charge in [0.15, 0.2) is 5.82 Å². The topological polar surface area (TPSA) is 67.3 Å². The van der Waals surface area contributed by atoms with Gasteiger partial charge >= 0.3 is 0 Å². The number of amides is 1. The molecule has 1 fully saturated rings. The quantitative estimate of drug-likeness (QED) is 0.357. The minimum Gasteiger partial charge on any atom is -0.474 e. The molecule has 6 nitrogen and oxygen atoms in total. The number of nitrogens with one attached hydrogen (secondary N) is 1. The number of anilines is 1. The Hall–Kier alpha value is -3.60. The predicted molar refractivity (Wildman–Crippen MR) is 132 cm³/mol. The van der Waals surface area contributed by atoms with E-state index in [-0.39, 0.29) is 66.2 Å². The van der Waals surface area contributed by atoms with E-state index in [0.717, 1.165) is 30.5 Å². The van der Waals surface area contributed by atoms with E-state index < -0.39 is 35.2 Å². The van der Waals surface area contributed by atoms with Gasteiger partial charge in [0.2, 0.25) is 11.8 Å².